The molecule has 0 saturated heterocycles. The lowest BCUT2D eigenvalue weighted by molar-refractivity contribution is -0.254. The largest absolute Gasteiger partial charge is 0.545 e. The first-order chi connectivity index (χ1) is 6.74. The van der Waals surface area contributed by atoms with E-state index in [4.69, 9.17) is 0 Å². The molecule has 0 unspecified atom stereocenters. The normalized spacial score (nSPS) is 10.3. The summed E-state index contributed by atoms with van der Waals surface area (Å²) in [5.41, 5.74) is 0.986. The van der Waals surface area contributed by atoms with Gasteiger partial charge in [-0.25, -0.2) is 0 Å². The van der Waals surface area contributed by atoms with E-state index in [2.05, 4.69) is 4.98 Å². The van der Waals surface area contributed by atoms with Crippen molar-refractivity contribution in [2.24, 2.45) is 0 Å². The maximum atomic E-state index is 10.7. The van der Waals surface area contributed by atoms with Crippen molar-refractivity contribution in [3.8, 4) is 0 Å². The second-order valence-electron chi connectivity index (χ2n) is 2.88. The van der Waals surface area contributed by atoms with Crippen molar-refractivity contribution in [1.29, 1.82) is 0 Å². The van der Waals surface area contributed by atoms with Gasteiger partial charge in [0.15, 0.2) is 6.29 Å². The predicted molar refractivity (Wildman–Crippen MR) is 48.0 cm³/mol. The summed E-state index contributed by atoms with van der Waals surface area (Å²) in [5, 5.41) is 11.1. The molecular formula is C10H6NO3-. The topological polar surface area (TPSA) is 73.0 Å². The predicted octanol–water partition coefficient (Wildman–Crippen LogP) is 0.344. The maximum absolute atomic E-state index is 10.7. The molecule has 0 bridgehead atoms. The number of aromatic nitrogens is 1. The minimum Gasteiger partial charge on any atom is -0.545 e. The number of carboxylic acids is 1. The molecule has 0 fully saturated rings. The molecule has 14 heavy (non-hydrogen) atoms. The monoisotopic (exact) mass is 188 g/mol. The maximum Gasteiger partial charge on any atom is 0.152 e. The summed E-state index contributed by atoms with van der Waals surface area (Å²) in [4.78, 5) is 24.2. The van der Waals surface area contributed by atoms with Crippen LogP contribution < -0.4 is 5.11 Å². The molecule has 0 spiro atoms. The number of aromatic carboxylic acids is 1. The van der Waals surface area contributed by atoms with Crippen molar-refractivity contribution in [3.63, 3.8) is 0 Å². The SMILES string of the molecule is O=Cc1c[nH]c2cccc(C(=O)[O-])c12. The Hall–Kier alpha value is -2.10. The third-order valence-electron chi connectivity index (χ3n) is 2.08. The molecule has 1 aromatic heterocycles. The van der Waals surface area contributed by atoms with Gasteiger partial charge < -0.3 is 14.9 Å². The molecule has 4 heteroatoms. The van der Waals surface area contributed by atoms with E-state index in [0.29, 0.717) is 22.8 Å². The van der Waals surface area contributed by atoms with Crippen molar-refractivity contribution in [2.45, 2.75) is 0 Å². The van der Waals surface area contributed by atoms with Crippen LogP contribution in [0.3, 0.4) is 0 Å². The Kier molecular flexibility index (Phi) is 1.81. The van der Waals surface area contributed by atoms with Gasteiger partial charge in [0.1, 0.15) is 0 Å². The highest BCUT2D eigenvalue weighted by Gasteiger charge is 2.07. The number of aromatic amines is 1. The first-order valence-corrected chi connectivity index (χ1v) is 4.00. The fraction of sp³-hybridized carbons (Fsp3) is 0. The Bertz CT molecular complexity index is 513. The summed E-state index contributed by atoms with van der Waals surface area (Å²) in [6.07, 6.45) is 2.09. The van der Waals surface area contributed by atoms with Gasteiger partial charge in [-0.15, -0.1) is 0 Å². The minimum absolute atomic E-state index is 0.0332. The van der Waals surface area contributed by atoms with Crippen molar-refractivity contribution in [2.75, 3.05) is 0 Å². The van der Waals surface area contributed by atoms with Crippen LogP contribution in [0.1, 0.15) is 20.7 Å². The van der Waals surface area contributed by atoms with Crippen molar-refractivity contribution < 1.29 is 14.7 Å². The van der Waals surface area contributed by atoms with E-state index in [1.165, 1.54) is 12.3 Å². The fourth-order valence-electron chi connectivity index (χ4n) is 1.47. The fourth-order valence-corrected chi connectivity index (χ4v) is 1.47. The Morgan fingerprint density at radius 1 is 1.43 bits per heavy atom. The van der Waals surface area contributed by atoms with E-state index in [0.717, 1.165) is 0 Å². The second kappa shape index (κ2) is 2.99. The molecular weight excluding hydrogens is 182 g/mol. The quantitative estimate of drug-likeness (QED) is 0.691. The molecule has 0 aliphatic carbocycles. The van der Waals surface area contributed by atoms with Crippen LogP contribution in [0, 0.1) is 0 Å². The number of carboxylic acid groups (broad SMARTS) is 1. The number of H-pyrrole nitrogens is 1. The third kappa shape index (κ3) is 1.08. The first kappa shape index (κ1) is 8.50. The zero-order valence-corrected chi connectivity index (χ0v) is 7.11. The number of hydrogen-bond donors (Lipinski definition) is 1. The van der Waals surface area contributed by atoms with Gasteiger partial charge in [-0.3, -0.25) is 4.79 Å². The summed E-state index contributed by atoms with van der Waals surface area (Å²) in [5.74, 6) is -1.28. The lowest BCUT2D eigenvalue weighted by Gasteiger charge is -2.03. The smallest absolute Gasteiger partial charge is 0.152 e. The van der Waals surface area contributed by atoms with Gasteiger partial charge in [-0.2, -0.15) is 0 Å². The van der Waals surface area contributed by atoms with E-state index >= 15 is 0 Å². The Balaban J connectivity index is 2.88. The van der Waals surface area contributed by atoms with E-state index in [9.17, 15) is 14.7 Å². The van der Waals surface area contributed by atoms with E-state index < -0.39 is 5.97 Å². The molecule has 70 valence electrons. The van der Waals surface area contributed by atoms with Crippen molar-refractivity contribution >= 4 is 23.2 Å². The first-order valence-electron chi connectivity index (χ1n) is 4.00. The standard InChI is InChI=1S/C10H7NO3/c12-5-6-4-11-8-3-1-2-7(9(6)8)10(13)14/h1-5,11H,(H,13,14)/p-1. The van der Waals surface area contributed by atoms with Gasteiger partial charge in [-0.05, 0) is 6.07 Å². The summed E-state index contributed by atoms with van der Waals surface area (Å²) in [6.45, 7) is 0. The van der Waals surface area contributed by atoms with Crippen LogP contribution in [-0.2, 0) is 0 Å². The zero-order valence-electron chi connectivity index (χ0n) is 7.11. The molecule has 4 nitrogen and oxygen atoms in total. The number of carbonyl (C=O) groups excluding carboxylic acids is 2. The van der Waals surface area contributed by atoms with Gasteiger partial charge in [0, 0.05) is 28.2 Å². The van der Waals surface area contributed by atoms with Gasteiger partial charge >= 0.3 is 0 Å². The lowest BCUT2D eigenvalue weighted by atomic mass is 10.1. The molecule has 0 radical (unpaired) electrons. The number of rotatable bonds is 2. The Morgan fingerprint density at radius 3 is 2.86 bits per heavy atom. The molecule has 2 rings (SSSR count). The highest BCUT2D eigenvalue weighted by Crippen LogP contribution is 2.20. The highest BCUT2D eigenvalue weighted by atomic mass is 16.4. The molecule has 2 aromatic rings. The molecule has 1 heterocycles. The van der Waals surface area contributed by atoms with Crippen LogP contribution in [0.5, 0.6) is 0 Å². The van der Waals surface area contributed by atoms with Crippen LogP contribution >= 0.6 is 0 Å². The van der Waals surface area contributed by atoms with Crippen LogP contribution in [0.25, 0.3) is 10.9 Å². The van der Waals surface area contributed by atoms with Gasteiger partial charge in [0.05, 0.1) is 5.97 Å². The number of nitrogens with one attached hydrogen (secondary N) is 1. The van der Waals surface area contributed by atoms with Crippen molar-refractivity contribution in [1.82, 2.24) is 4.98 Å². The van der Waals surface area contributed by atoms with Crippen LogP contribution in [0.15, 0.2) is 24.4 Å². The summed E-state index contributed by atoms with van der Waals surface area (Å²) in [7, 11) is 0. The molecule has 0 aliphatic rings. The number of aldehydes is 1. The molecule has 0 saturated carbocycles. The minimum atomic E-state index is -1.28. The van der Waals surface area contributed by atoms with E-state index in [1.807, 2.05) is 0 Å². The molecule has 0 atom stereocenters. The molecule has 1 N–H and O–H groups in total. The highest BCUT2D eigenvalue weighted by molar-refractivity contribution is 6.08. The van der Waals surface area contributed by atoms with Crippen LogP contribution in [0.2, 0.25) is 0 Å². The number of fused-ring (bicyclic) bond motifs is 1. The van der Waals surface area contributed by atoms with Crippen LogP contribution in [-0.4, -0.2) is 17.2 Å². The Morgan fingerprint density at radius 2 is 2.21 bits per heavy atom. The Labute approximate surface area is 79.2 Å². The van der Waals surface area contributed by atoms with Gasteiger partial charge in [0.2, 0.25) is 0 Å². The van der Waals surface area contributed by atoms with E-state index in [-0.39, 0.29) is 5.56 Å². The van der Waals surface area contributed by atoms with E-state index in [1.54, 1.807) is 12.1 Å². The van der Waals surface area contributed by atoms with Crippen molar-refractivity contribution in [3.05, 3.63) is 35.5 Å². The molecule has 1 aromatic carbocycles. The average molecular weight is 188 g/mol. The number of carbonyl (C=O) groups is 2. The number of hydrogen-bond acceptors (Lipinski definition) is 3. The molecule has 0 aliphatic heterocycles. The molecule has 0 amide bonds. The van der Waals surface area contributed by atoms with Gasteiger partial charge in [0.25, 0.3) is 0 Å². The second-order valence-corrected chi connectivity index (χ2v) is 2.88. The number of benzene rings is 1. The zero-order chi connectivity index (χ0) is 10.1. The lowest BCUT2D eigenvalue weighted by Crippen LogP contribution is -2.22. The third-order valence-corrected chi connectivity index (χ3v) is 2.08. The average Bonchev–Trinajstić information content (AvgIpc) is 2.59. The van der Waals surface area contributed by atoms with Gasteiger partial charge in [-0.1, -0.05) is 12.1 Å². The summed E-state index contributed by atoms with van der Waals surface area (Å²) < 4.78 is 0. The summed E-state index contributed by atoms with van der Waals surface area (Å²) >= 11 is 0. The summed E-state index contributed by atoms with van der Waals surface area (Å²) in [6, 6.07) is 4.71. The van der Waals surface area contributed by atoms with Crippen LogP contribution in [0.4, 0.5) is 0 Å².